The third kappa shape index (κ3) is 2.40. The molecule has 3 aromatic rings. The second kappa shape index (κ2) is 5.11. The van der Waals surface area contributed by atoms with Crippen molar-refractivity contribution >= 4 is 26.8 Å². The third-order valence-electron chi connectivity index (χ3n) is 3.53. The fraction of sp³-hybridized carbons (Fsp3) is 0.176. The SMILES string of the molecule is Cc1ccc(-n2c(C)nc3c(Br)cc(C)cc3c2=O)cc1. The van der Waals surface area contributed by atoms with Crippen molar-refractivity contribution in [1.82, 2.24) is 9.55 Å². The highest BCUT2D eigenvalue weighted by Gasteiger charge is 2.12. The van der Waals surface area contributed by atoms with Crippen LogP contribution in [0.3, 0.4) is 0 Å². The predicted octanol–water partition coefficient (Wildman–Crippen LogP) is 4.07. The van der Waals surface area contributed by atoms with Crippen LogP contribution in [0.25, 0.3) is 16.6 Å². The summed E-state index contributed by atoms with van der Waals surface area (Å²) in [6, 6.07) is 11.8. The fourth-order valence-corrected chi connectivity index (χ4v) is 3.15. The zero-order valence-corrected chi connectivity index (χ0v) is 13.7. The van der Waals surface area contributed by atoms with Crippen LogP contribution in [-0.2, 0) is 0 Å². The molecule has 0 spiro atoms. The highest BCUT2D eigenvalue weighted by Crippen LogP contribution is 2.23. The lowest BCUT2D eigenvalue weighted by atomic mass is 10.1. The van der Waals surface area contributed by atoms with E-state index in [1.165, 1.54) is 0 Å². The molecule has 3 nitrogen and oxygen atoms in total. The zero-order chi connectivity index (χ0) is 15.1. The average Bonchev–Trinajstić information content (AvgIpc) is 2.42. The van der Waals surface area contributed by atoms with Gasteiger partial charge in [0.2, 0.25) is 0 Å². The van der Waals surface area contributed by atoms with Gasteiger partial charge in [0.1, 0.15) is 5.82 Å². The summed E-state index contributed by atoms with van der Waals surface area (Å²) in [6.45, 7) is 5.85. The van der Waals surface area contributed by atoms with E-state index >= 15 is 0 Å². The molecule has 0 aliphatic rings. The summed E-state index contributed by atoms with van der Waals surface area (Å²) in [4.78, 5) is 17.4. The third-order valence-corrected chi connectivity index (χ3v) is 4.14. The van der Waals surface area contributed by atoms with Gasteiger partial charge in [-0.2, -0.15) is 0 Å². The zero-order valence-electron chi connectivity index (χ0n) is 12.1. The molecule has 0 atom stereocenters. The van der Waals surface area contributed by atoms with Crippen LogP contribution in [0.5, 0.6) is 0 Å². The van der Waals surface area contributed by atoms with Crippen LogP contribution in [0.1, 0.15) is 17.0 Å². The van der Waals surface area contributed by atoms with Gasteiger partial charge in [0.25, 0.3) is 5.56 Å². The molecule has 0 aliphatic carbocycles. The summed E-state index contributed by atoms with van der Waals surface area (Å²) in [5.74, 6) is 0.681. The monoisotopic (exact) mass is 342 g/mol. The van der Waals surface area contributed by atoms with Crippen LogP contribution in [0.15, 0.2) is 45.7 Å². The Hall–Kier alpha value is -1.94. The van der Waals surface area contributed by atoms with Crippen molar-refractivity contribution in [2.45, 2.75) is 20.8 Å². The number of fused-ring (bicyclic) bond motifs is 1. The molecule has 1 aromatic heterocycles. The number of rotatable bonds is 1. The molecule has 0 fully saturated rings. The van der Waals surface area contributed by atoms with Gasteiger partial charge in [-0.15, -0.1) is 0 Å². The molecule has 0 bridgehead atoms. The molecule has 1 heterocycles. The Balaban J connectivity index is 2.39. The van der Waals surface area contributed by atoms with Crippen LogP contribution in [0.4, 0.5) is 0 Å². The molecule has 4 heteroatoms. The molecule has 0 saturated carbocycles. The summed E-state index contributed by atoms with van der Waals surface area (Å²) < 4.78 is 2.52. The molecule has 2 aromatic carbocycles. The quantitative estimate of drug-likeness (QED) is 0.668. The van der Waals surface area contributed by atoms with Crippen LogP contribution in [0, 0.1) is 20.8 Å². The molecule has 0 radical (unpaired) electrons. The normalized spacial score (nSPS) is 11.0. The number of halogens is 1. The first-order chi connectivity index (χ1) is 9.97. The van der Waals surface area contributed by atoms with Gasteiger partial charge in [0.05, 0.1) is 16.6 Å². The Morgan fingerprint density at radius 1 is 1.00 bits per heavy atom. The first-order valence-corrected chi connectivity index (χ1v) is 7.53. The van der Waals surface area contributed by atoms with Crippen molar-refractivity contribution in [3.63, 3.8) is 0 Å². The first kappa shape index (κ1) is 14.0. The Morgan fingerprint density at radius 2 is 1.67 bits per heavy atom. The van der Waals surface area contributed by atoms with Gasteiger partial charge >= 0.3 is 0 Å². The van der Waals surface area contributed by atoms with Crippen molar-refractivity contribution in [2.75, 3.05) is 0 Å². The Bertz CT molecular complexity index is 895. The van der Waals surface area contributed by atoms with Gasteiger partial charge in [0, 0.05) is 4.47 Å². The van der Waals surface area contributed by atoms with E-state index < -0.39 is 0 Å². The van der Waals surface area contributed by atoms with E-state index in [0.29, 0.717) is 16.7 Å². The standard InChI is InChI=1S/C17H15BrN2O/c1-10-4-6-13(7-5-10)20-12(3)19-16-14(17(20)21)8-11(2)9-15(16)18/h4-9H,1-3H3. The van der Waals surface area contributed by atoms with Gasteiger partial charge in [-0.1, -0.05) is 17.7 Å². The van der Waals surface area contributed by atoms with Crippen LogP contribution >= 0.6 is 15.9 Å². The summed E-state index contributed by atoms with van der Waals surface area (Å²) in [5.41, 5.74) is 3.72. The number of nitrogens with zero attached hydrogens (tertiary/aromatic N) is 2. The van der Waals surface area contributed by atoms with E-state index in [9.17, 15) is 4.79 Å². The molecule has 106 valence electrons. The minimum atomic E-state index is -0.0363. The second-order valence-electron chi connectivity index (χ2n) is 5.28. The van der Waals surface area contributed by atoms with Crippen molar-refractivity contribution in [3.8, 4) is 5.69 Å². The number of hydrogen-bond donors (Lipinski definition) is 0. The summed E-state index contributed by atoms with van der Waals surface area (Å²) >= 11 is 3.50. The van der Waals surface area contributed by atoms with E-state index in [1.807, 2.05) is 57.2 Å². The minimum absolute atomic E-state index is 0.0363. The lowest BCUT2D eigenvalue weighted by Crippen LogP contribution is -2.22. The molecular weight excluding hydrogens is 328 g/mol. The minimum Gasteiger partial charge on any atom is -0.268 e. The van der Waals surface area contributed by atoms with Crippen LogP contribution in [0.2, 0.25) is 0 Å². The largest absolute Gasteiger partial charge is 0.268 e. The lowest BCUT2D eigenvalue weighted by Gasteiger charge is -2.12. The molecule has 0 unspecified atom stereocenters. The van der Waals surface area contributed by atoms with E-state index in [0.717, 1.165) is 21.3 Å². The van der Waals surface area contributed by atoms with Crippen molar-refractivity contribution in [3.05, 3.63) is 68.2 Å². The maximum atomic E-state index is 12.8. The molecule has 3 rings (SSSR count). The molecular formula is C17H15BrN2O. The van der Waals surface area contributed by atoms with Crippen molar-refractivity contribution < 1.29 is 0 Å². The number of hydrogen-bond acceptors (Lipinski definition) is 2. The molecule has 21 heavy (non-hydrogen) atoms. The smallest absolute Gasteiger partial charge is 0.266 e. The summed E-state index contributed by atoms with van der Waals surface area (Å²) in [6.07, 6.45) is 0. The molecule has 0 saturated heterocycles. The van der Waals surface area contributed by atoms with Crippen LogP contribution < -0.4 is 5.56 Å². The highest BCUT2D eigenvalue weighted by atomic mass is 79.9. The van der Waals surface area contributed by atoms with Gasteiger partial charge in [-0.25, -0.2) is 4.98 Å². The second-order valence-corrected chi connectivity index (χ2v) is 6.13. The van der Waals surface area contributed by atoms with Crippen molar-refractivity contribution in [1.29, 1.82) is 0 Å². The van der Waals surface area contributed by atoms with E-state index in [1.54, 1.807) is 4.57 Å². The number of aromatic nitrogens is 2. The summed E-state index contributed by atoms with van der Waals surface area (Å²) in [7, 11) is 0. The average molecular weight is 343 g/mol. The Kier molecular flexibility index (Phi) is 3.41. The van der Waals surface area contributed by atoms with Gasteiger partial charge in [0.15, 0.2) is 0 Å². The maximum absolute atomic E-state index is 12.8. The maximum Gasteiger partial charge on any atom is 0.266 e. The van der Waals surface area contributed by atoms with E-state index in [4.69, 9.17) is 0 Å². The fourth-order valence-electron chi connectivity index (χ4n) is 2.49. The lowest BCUT2D eigenvalue weighted by molar-refractivity contribution is 0.893. The summed E-state index contributed by atoms with van der Waals surface area (Å²) in [5, 5.41) is 0.632. The predicted molar refractivity (Wildman–Crippen MR) is 89.3 cm³/mol. The Morgan fingerprint density at radius 3 is 2.33 bits per heavy atom. The molecule has 0 amide bonds. The highest BCUT2D eigenvalue weighted by molar-refractivity contribution is 9.10. The molecule has 0 aliphatic heterocycles. The van der Waals surface area contributed by atoms with Crippen LogP contribution in [-0.4, -0.2) is 9.55 Å². The van der Waals surface area contributed by atoms with Gasteiger partial charge in [-0.05, 0) is 66.5 Å². The van der Waals surface area contributed by atoms with Gasteiger partial charge in [-0.3, -0.25) is 9.36 Å². The van der Waals surface area contributed by atoms with Gasteiger partial charge < -0.3 is 0 Å². The molecule has 0 N–H and O–H groups in total. The topological polar surface area (TPSA) is 34.9 Å². The first-order valence-electron chi connectivity index (χ1n) is 6.74. The van der Waals surface area contributed by atoms with E-state index in [2.05, 4.69) is 20.9 Å². The number of aryl methyl sites for hydroxylation is 3. The number of benzene rings is 2. The van der Waals surface area contributed by atoms with Crippen molar-refractivity contribution in [2.24, 2.45) is 0 Å². The Labute approximate surface area is 131 Å². The van der Waals surface area contributed by atoms with E-state index in [-0.39, 0.29) is 5.56 Å².